The second kappa shape index (κ2) is 9.87. The number of carbonyl (C=O) groups excluding carboxylic acids is 2. The number of rotatable bonds is 5. The summed E-state index contributed by atoms with van der Waals surface area (Å²) in [6.45, 7) is 1.15. The predicted octanol–water partition coefficient (Wildman–Crippen LogP) is 3.53. The highest BCUT2D eigenvalue weighted by Crippen LogP contribution is 2.24. The molecule has 1 aliphatic heterocycles. The fourth-order valence-electron chi connectivity index (χ4n) is 3.88. The van der Waals surface area contributed by atoms with Crippen LogP contribution in [0, 0.1) is 5.92 Å². The molecule has 0 spiro atoms. The molecular weight excluding hydrogens is 444 g/mol. The summed E-state index contributed by atoms with van der Waals surface area (Å²) in [6, 6.07) is 16.8. The summed E-state index contributed by atoms with van der Waals surface area (Å²) in [6.07, 6.45) is 1.49. The minimum Gasteiger partial charge on any atom is -0.465 e. The molecule has 1 N–H and O–H groups in total. The second-order valence-electron chi connectivity index (χ2n) is 7.73. The quantitative estimate of drug-likeness (QED) is 0.578. The summed E-state index contributed by atoms with van der Waals surface area (Å²) in [5.74, 6) is -0.400. The van der Waals surface area contributed by atoms with Gasteiger partial charge < -0.3 is 15.0 Å². The second-order valence-corrected chi connectivity index (χ2v) is 8.17. The molecule has 8 nitrogen and oxygen atoms in total. The Kier molecular flexibility index (Phi) is 6.74. The number of piperidine rings is 1. The Morgan fingerprint density at radius 2 is 1.94 bits per heavy atom. The lowest BCUT2D eigenvalue weighted by Crippen LogP contribution is -2.42. The van der Waals surface area contributed by atoms with Gasteiger partial charge in [0.2, 0.25) is 5.91 Å². The van der Waals surface area contributed by atoms with Gasteiger partial charge in [0, 0.05) is 24.2 Å². The third-order valence-electron chi connectivity index (χ3n) is 5.55. The number of ether oxygens (including phenoxy) is 1. The fraction of sp³-hybridized carbons (Fsp3) is 0.250. The van der Waals surface area contributed by atoms with Crippen LogP contribution in [0.15, 0.2) is 65.5 Å². The topological polar surface area (TPSA) is 93.5 Å². The van der Waals surface area contributed by atoms with Gasteiger partial charge in [-0.05, 0) is 49.2 Å². The number of nitrogens with one attached hydrogen (secondary N) is 1. The molecule has 1 amide bonds. The van der Waals surface area contributed by atoms with Crippen LogP contribution in [0.1, 0.15) is 23.2 Å². The van der Waals surface area contributed by atoms with Crippen molar-refractivity contribution in [3.05, 3.63) is 81.6 Å². The lowest BCUT2D eigenvalue weighted by molar-refractivity contribution is -0.120. The van der Waals surface area contributed by atoms with Crippen LogP contribution in [0.5, 0.6) is 0 Å². The van der Waals surface area contributed by atoms with E-state index in [0.717, 1.165) is 6.42 Å². The van der Waals surface area contributed by atoms with Gasteiger partial charge in [0.1, 0.15) is 5.82 Å². The van der Waals surface area contributed by atoms with Crippen LogP contribution >= 0.6 is 11.6 Å². The van der Waals surface area contributed by atoms with E-state index in [1.165, 1.54) is 17.9 Å². The summed E-state index contributed by atoms with van der Waals surface area (Å²) in [7, 11) is 1.30. The van der Waals surface area contributed by atoms with E-state index in [2.05, 4.69) is 10.4 Å². The number of benzene rings is 2. The van der Waals surface area contributed by atoms with E-state index in [1.807, 2.05) is 4.90 Å². The zero-order valence-electron chi connectivity index (χ0n) is 18.0. The van der Waals surface area contributed by atoms with Crippen LogP contribution < -0.4 is 15.8 Å². The van der Waals surface area contributed by atoms with E-state index in [1.54, 1.807) is 54.6 Å². The first-order valence-corrected chi connectivity index (χ1v) is 10.9. The molecule has 1 atom stereocenters. The highest BCUT2D eigenvalue weighted by molar-refractivity contribution is 6.30. The van der Waals surface area contributed by atoms with Gasteiger partial charge in [0.15, 0.2) is 0 Å². The predicted molar refractivity (Wildman–Crippen MR) is 126 cm³/mol. The van der Waals surface area contributed by atoms with Gasteiger partial charge in [-0.2, -0.15) is 4.68 Å². The molecule has 1 aliphatic rings. The van der Waals surface area contributed by atoms with Crippen LogP contribution in [-0.4, -0.2) is 41.9 Å². The smallest absolute Gasteiger partial charge is 0.339 e. The minimum absolute atomic E-state index is 0.181. The fourth-order valence-corrected chi connectivity index (χ4v) is 4.06. The van der Waals surface area contributed by atoms with E-state index < -0.39 is 5.97 Å². The number of halogens is 1. The monoisotopic (exact) mass is 466 g/mol. The number of para-hydroxylation sites is 1. The van der Waals surface area contributed by atoms with Crippen molar-refractivity contribution in [1.29, 1.82) is 0 Å². The van der Waals surface area contributed by atoms with Crippen LogP contribution in [0.25, 0.3) is 5.69 Å². The Morgan fingerprint density at radius 3 is 2.73 bits per heavy atom. The summed E-state index contributed by atoms with van der Waals surface area (Å²) in [4.78, 5) is 39.4. The van der Waals surface area contributed by atoms with Crippen molar-refractivity contribution in [3.63, 3.8) is 0 Å². The highest BCUT2D eigenvalue weighted by Gasteiger charge is 2.28. The molecule has 0 saturated carbocycles. The molecule has 0 aliphatic carbocycles. The number of nitrogens with zero attached hydrogens (tertiary/aromatic N) is 3. The van der Waals surface area contributed by atoms with Crippen molar-refractivity contribution in [3.8, 4) is 5.69 Å². The molecular formula is C24H23ClN4O4. The average molecular weight is 467 g/mol. The Hall–Kier alpha value is -3.65. The first-order chi connectivity index (χ1) is 16.0. The number of hydrogen-bond acceptors (Lipinski definition) is 6. The number of anilines is 2. The molecule has 4 rings (SSSR count). The van der Waals surface area contributed by atoms with Crippen molar-refractivity contribution < 1.29 is 14.3 Å². The third-order valence-corrected chi connectivity index (χ3v) is 5.78. The maximum Gasteiger partial charge on any atom is 0.339 e. The van der Waals surface area contributed by atoms with Crippen LogP contribution in [0.4, 0.5) is 11.5 Å². The van der Waals surface area contributed by atoms with Gasteiger partial charge in [0.05, 0.1) is 30.0 Å². The average Bonchev–Trinajstić information content (AvgIpc) is 2.84. The molecule has 1 aromatic heterocycles. The van der Waals surface area contributed by atoms with Crippen molar-refractivity contribution >= 4 is 35.0 Å². The Balaban J connectivity index is 1.53. The number of aromatic nitrogens is 2. The molecule has 2 aromatic carbocycles. The lowest BCUT2D eigenvalue weighted by Gasteiger charge is -2.33. The summed E-state index contributed by atoms with van der Waals surface area (Å²) < 4.78 is 6.10. The van der Waals surface area contributed by atoms with Gasteiger partial charge in [-0.1, -0.05) is 29.8 Å². The maximum absolute atomic E-state index is 13.0. The number of hydrogen-bond donors (Lipinski definition) is 1. The van der Waals surface area contributed by atoms with Gasteiger partial charge in [0.25, 0.3) is 5.56 Å². The zero-order chi connectivity index (χ0) is 23.4. The van der Waals surface area contributed by atoms with Crippen LogP contribution in [0.3, 0.4) is 0 Å². The molecule has 2 heterocycles. The molecule has 33 heavy (non-hydrogen) atoms. The molecule has 0 unspecified atom stereocenters. The Bertz CT molecular complexity index is 1240. The summed E-state index contributed by atoms with van der Waals surface area (Å²) in [5, 5.41) is 7.88. The van der Waals surface area contributed by atoms with Crippen molar-refractivity contribution in [2.75, 3.05) is 30.4 Å². The van der Waals surface area contributed by atoms with Gasteiger partial charge in [-0.15, -0.1) is 5.10 Å². The van der Waals surface area contributed by atoms with Crippen molar-refractivity contribution in [1.82, 2.24) is 9.78 Å². The number of methoxy groups -OCH3 is 1. The van der Waals surface area contributed by atoms with Gasteiger partial charge in [-0.3, -0.25) is 9.59 Å². The van der Waals surface area contributed by atoms with E-state index >= 15 is 0 Å². The molecule has 3 aromatic rings. The zero-order valence-corrected chi connectivity index (χ0v) is 18.8. The largest absolute Gasteiger partial charge is 0.465 e. The van der Waals surface area contributed by atoms with E-state index in [4.69, 9.17) is 16.3 Å². The van der Waals surface area contributed by atoms with E-state index in [9.17, 15) is 14.4 Å². The minimum atomic E-state index is -0.511. The maximum atomic E-state index is 13.0. The standard InChI is InChI=1S/C24H23ClN4O4/c1-33-24(32)19-9-2-3-10-20(19)26-23(31)16-6-5-13-28(15-16)21-11-12-22(30)29(27-21)18-8-4-7-17(25)14-18/h2-4,7-12,14,16H,5-6,13,15H2,1H3,(H,26,31)/t16-/m0/s1. The van der Waals surface area contributed by atoms with E-state index in [0.29, 0.717) is 47.3 Å². The van der Waals surface area contributed by atoms with E-state index in [-0.39, 0.29) is 17.4 Å². The number of amides is 1. The van der Waals surface area contributed by atoms with Gasteiger partial charge in [-0.25, -0.2) is 4.79 Å². The number of carbonyl (C=O) groups is 2. The number of esters is 1. The van der Waals surface area contributed by atoms with Crippen molar-refractivity contribution in [2.24, 2.45) is 5.92 Å². The first kappa shape index (κ1) is 22.5. The van der Waals surface area contributed by atoms with Crippen molar-refractivity contribution in [2.45, 2.75) is 12.8 Å². The molecule has 9 heteroatoms. The Labute approximate surface area is 195 Å². The molecule has 1 saturated heterocycles. The third kappa shape index (κ3) is 5.06. The molecule has 170 valence electrons. The Morgan fingerprint density at radius 1 is 1.12 bits per heavy atom. The van der Waals surface area contributed by atoms with Crippen LogP contribution in [0.2, 0.25) is 5.02 Å². The summed E-state index contributed by atoms with van der Waals surface area (Å²) in [5.41, 5.74) is 1.02. The molecule has 0 bridgehead atoms. The lowest BCUT2D eigenvalue weighted by atomic mass is 9.97. The normalized spacial score (nSPS) is 15.7. The highest BCUT2D eigenvalue weighted by atomic mass is 35.5. The van der Waals surface area contributed by atoms with Gasteiger partial charge >= 0.3 is 5.97 Å². The first-order valence-electron chi connectivity index (χ1n) is 10.6. The summed E-state index contributed by atoms with van der Waals surface area (Å²) >= 11 is 6.07. The molecule has 0 radical (unpaired) electrons. The SMILES string of the molecule is COC(=O)c1ccccc1NC(=O)[C@H]1CCCN(c2ccc(=O)n(-c3cccc(Cl)c3)n2)C1. The van der Waals surface area contributed by atoms with Crippen LogP contribution in [-0.2, 0) is 9.53 Å². The molecule has 1 fully saturated rings.